The number of hydrogen-bond acceptors (Lipinski definition) is 3. The third-order valence-electron chi connectivity index (χ3n) is 6.85. The summed E-state index contributed by atoms with van der Waals surface area (Å²) < 4.78 is 5.53. The van der Waals surface area contributed by atoms with Gasteiger partial charge in [-0.25, -0.2) is 0 Å². The van der Waals surface area contributed by atoms with Crippen molar-refractivity contribution in [2.24, 2.45) is 5.92 Å². The smallest absolute Gasteiger partial charge is 0.171 e. The molecule has 0 amide bonds. The third-order valence-corrected chi connectivity index (χ3v) is 7.17. The molecular weight excluding hydrogens is 344 g/mol. The highest BCUT2D eigenvalue weighted by molar-refractivity contribution is 7.80. The Hall–Kier alpha value is -1.33. The molecule has 5 heteroatoms. The van der Waals surface area contributed by atoms with Crippen LogP contribution in [0.4, 0.5) is 0 Å². The van der Waals surface area contributed by atoms with E-state index in [1.807, 2.05) is 23.1 Å². The molecule has 2 aliphatic carbocycles. The zero-order valence-electron chi connectivity index (χ0n) is 15.7. The SMILES string of the molecule is COc1ccccc1CN1C(=S)NC2(CCCCC2)[C@H]2CCCC[C@]21O. The molecule has 0 radical (unpaired) electrons. The number of aliphatic hydroxyl groups is 1. The van der Waals surface area contributed by atoms with E-state index in [1.165, 1.54) is 25.7 Å². The molecule has 3 aliphatic rings. The Bertz CT molecular complexity index is 674. The third kappa shape index (κ3) is 2.89. The van der Waals surface area contributed by atoms with Gasteiger partial charge >= 0.3 is 0 Å². The van der Waals surface area contributed by atoms with Crippen molar-refractivity contribution in [2.45, 2.75) is 75.6 Å². The number of benzene rings is 1. The first-order valence-electron chi connectivity index (χ1n) is 10.0. The van der Waals surface area contributed by atoms with E-state index < -0.39 is 5.72 Å². The average Bonchev–Trinajstić information content (AvgIpc) is 2.66. The van der Waals surface area contributed by atoms with Crippen LogP contribution in [0.1, 0.15) is 63.4 Å². The quantitative estimate of drug-likeness (QED) is 0.784. The predicted octanol–water partition coefficient (Wildman–Crippen LogP) is 3.97. The second-order valence-electron chi connectivity index (χ2n) is 8.22. The number of fused-ring (bicyclic) bond motifs is 2. The fourth-order valence-electron chi connectivity index (χ4n) is 5.59. The van der Waals surface area contributed by atoms with Crippen molar-refractivity contribution in [3.05, 3.63) is 29.8 Å². The first-order chi connectivity index (χ1) is 12.6. The van der Waals surface area contributed by atoms with Gasteiger partial charge in [0.2, 0.25) is 0 Å². The zero-order chi connectivity index (χ0) is 18.2. The minimum absolute atomic E-state index is 0.0121. The van der Waals surface area contributed by atoms with Crippen LogP contribution < -0.4 is 10.1 Å². The van der Waals surface area contributed by atoms with Gasteiger partial charge in [-0.15, -0.1) is 0 Å². The zero-order valence-corrected chi connectivity index (χ0v) is 16.5. The minimum atomic E-state index is -0.848. The van der Waals surface area contributed by atoms with Crippen molar-refractivity contribution in [2.75, 3.05) is 7.11 Å². The molecule has 4 rings (SSSR count). The van der Waals surface area contributed by atoms with E-state index in [-0.39, 0.29) is 11.5 Å². The summed E-state index contributed by atoms with van der Waals surface area (Å²) in [4.78, 5) is 2.05. The van der Waals surface area contributed by atoms with Gasteiger partial charge in [0.25, 0.3) is 0 Å². The second kappa shape index (κ2) is 7.01. The summed E-state index contributed by atoms with van der Waals surface area (Å²) in [7, 11) is 1.70. The van der Waals surface area contributed by atoms with Gasteiger partial charge in [0.05, 0.1) is 13.7 Å². The van der Waals surface area contributed by atoms with E-state index in [4.69, 9.17) is 17.0 Å². The number of methoxy groups -OCH3 is 1. The van der Waals surface area contributed by atoms with Gasteiger partial charge in [0.1, 0.15) is 11.5 Å². The Balaban J connectivity index is 1.68. The lowest BCUT2D eigenvalue weighted by Gasteiger charge is -2.61. The number of ether oxygens (including phenoxy) is 1. The summed E-state index contributed by atoms with van der Waals surface area (Å²) in [5, 5.41) is 16.3. The largest absolute Gasteiger partial charge is 0.496 e. The van der Waals surface area contributed by atoms with Crippen LogP contribution in [0, 0.1) is 5.92 Å². The maximum absolute atomic E-state index is 11.9. The predicted molar refractivity (Wildman–Crippen MR) is 107 cm³/mol. The summed E-state index contributed by atoms with van der Waals surface area (Å²) in [6, 6.07) is 8.03. The van der Waals surface area contributed by atoms with E-state index in [0.29, 0.717) is 11.7 Å². The Morgan fingerprint density at radius 3 is 2.65 bits per heavy atom. The lowest BCUT2D eigenvalue weighted by atomic mass is 9.62. The van der Waals surface area contributed by atoms with Crippen molar-refractivity contribution in [1.29, 1.82) is 0 Å². The van der Waals surface area contributed by atoms with Crippen LogP contribution in [0.3, 0.4) is 0 Å². The average molecular weight is 375 g/mol. The molecule has 142 valence electrons. The van der Waals surface area contributed by atoms with Crippen molar-refractivity contribution in [3.63, 3.8) is 0 Å². The van der Waals surface area contributed by atoms with Gasteiger partial charge in [-0.2, -0.15) is 0 Å². The lowest BCUT2D eigenvalue weighted by Crippen LogP contribution is -2.75. The molecule has 2 N–H and O–H groups in total. The van der Waals surface area contributed by atoms with Gasteiger partial charge in [0.15, 0.2) is 5.11 Å². The molecule has 2 saturated carbocycles. The summed E-state index contributed by atoms with van der Waals surface area (Å²) in [5.41, 5.74) is 0.206. The maximum atomic E-state index is 11.9. The van der Waals surface area contributed by atoms with E-state index in [1.54, 1.807) is 7.11 Å². The molecule has 26 heavy (non-hydrogen) atoms. The van der Waals surface area contributed by atoms with Crippen LogP contribution in [0.15, 0.2) is 24.3 Å². The lowest BCUT2D eigenvalue weighted by molar-refractivity contribution is -0.184. The summed E-state index contributed by atoms with van der Waals surface area (Å²) in [6.45, 7) is 0.582. The maximum Gasteiger partial charge on any atom is 0.171 e. The number of thiocarbonyl (C=S) groups is 1. The molecule has 1 aromatic carbocycles. The second-order valence-corrected chi connectivity index (χ2v) is 8.61. The highest BCUT2D eigenvalue weighted by Crippen LogP contribution is 2.51. The van der Waals surface area contributed by atoms with E-state index >= 15 is 0 Å². The summed E-state index contributed by atoms with van der Waals surface area (Å²) in [5.74, 6) is 1.09. The molecular formula is C21H30N2O2S. The molecule has 1 saturated heterocycles. The molecule has 4 nitrogen and oxygen atoms in total. The normalized spacial score (nSPS) is 30.6. The standard InChI is InChI=1S/C21H30N2O2S/c1-25-17-10-4-3-9-16(17)15-23-19(26)22-20(12-6-2-7-13-20)18-11-5-8-14-21(18,23)24/h3-4,9-10,18,24H,2,5-8,11-15H2,1H3,(H,22,26)/t18-,21+/m1/s1. The Morgan fingerprint density at radius 2 is 1.88 bits per heavy atom. The molecule has 0 bridgehead atoms. The van der Waals surface area contributed by atoms with Gasteiger partial charge < -0.3 is 20.1 Å². The first-order valence-corrected chi connectivity index (χ1v) is 10.4. The summed E-state index contributed by atoms with van der Waals surface area (Å²) >= 11 is 5.81. The highest BCUT2D eigenvalue weighted by Gasteiger charge is 2.58. The molecule has 1 heterocycles. The van der Waals surface area contributed by atoms with Crippen LogP contribution in [0.25, 0.3) is 0 Å². The summed E-state index contributed by atoms with van der Waals surface area (Å²) in [6.07, 6.45) is 10.2. The van der Waals surface area contributed by atoms with Crippen LogP contribution in [-0.4, -0.2) is 33.5 Å². The van der Waals surface area contributed by atoms with Crippen molar-refractivity contribution in [3.8, 4) is 5.75 Å². The Kier molecular flexibility index (Phi) is 4.86. The van der Waals surface area contributed by atoms with Gasteiger partial charge in [0, 0.05) is 17.0 Å². The highest BCUT2D eigenvalue weighted by atomic mass is 32.1. The fourth-order valence-corrected chi connectivity index (χ4v) is 6.02. The topological polar surface area (TPSA) is 44.7 Å². The number of rotatable bonds is 3. The van der Waals surface area contributed by atoms with Crippen LogP contribution in [0.5, 0.6) is 5.75 Å². The monoisotopic (exact) mass is 374 g/mol. The van der Waals surface area contributed by atoms with Gasteiger partial charge in [-0.05, 0) is 50.4 Å². The fraction of sp³-hybridized carbons (Fsp3) is 0.667. The van der Waals surface area contributed by atoms with Crippen molar-refractivity contribution < 1.29 is 9.84 Å². The molecule has 1 aliphatic heterocycles. The Morgan fingerprint density at radius 1 is 1.15 bits per heavy atom. The van der Waals surface area contributed by atoms with Crippen LogP contribution in [-0.2, 0) is 6.54 Å². The van der Waals surface area contributed by atoms with Crippen LogP contribution in [0.2, 0.25) is 0 Å². The van der Waals surface area contributed by atoms with Crippen molar-refractivity contribution in [1.82, 2.24) is 10.2 Å². The first kappa shape index (κ1) is 18.1. The minimum Gasteiger partial charge on any atom is -0.496 e. The molecule has 1 aromatic rings. The number of hydrogen-bond donors (Lipinski definition) is 2. The molecule has 0 unspecified atom stereocenters. The van der Waals surface area contributed by atoms with Gasteiger partial charge in [-0.3, -0.25) is 0 Å². The Labute approximate surface area is 161 Å². The molecule has 1 spiro atoms. The number of para-hydroxylation sites is 1. The number of nitrogens with one attached hydrogen (secondary N) is 1. The molecule has 3 fully saturated rings. The number of nitrogens with zero attached hydrogens (tertiary/aromatic N) is 1. The van der Waals surface area contributed by atoms with Crippen molar-refractivity contribution >= 4 is 17.3 Å². The molecule has 0 aromatic heterocycles. The van der Waals surface area contributed by atoms with E-state index in [2.05, 4.69) is 11.4 Å². The van der Waals surface area contributed by atoms with E-state index in [9.17, 15) is 5.11 Å². The van der Waals surface area contributed by atoms with E-state index in [0.717, 1.165) is 43.4 Å². The van der Waals surface area contributed by atoms with Gasteiger partial charge in [-0.1, -0.05) is 43.9 Å². The molecule has 2 atom stereocenters. The van der Waals surface area contributed by atoms with Crippen LogP contribution >= 0.6 is 12.2 Å².